The monoisotopic (exact) mass is 321 g/mol. The van der Waals surface area contributed by atoms with Gasteiger partial charge in [0.05, 0.1) is 0 Å². The van der Waals surface area contributed by atoms with Gasteiger partial charge >= 0.3 is 0 Å². The topological polar surface area (TPSA) is 12.0 Å². The molecule has 0 atom stereocenters. The zero-order valence-electron chi connectivity index (χ0n) is 10.5. The smallest absolute Gasteiger partial charge is 0.0314 e. The molecule has 18 heavy (non-hydrogen) atoms. The molecule has 0 spiro atoms. The molecule has 0 saturated carbocycles. The van der Waals surface area contributed by atoms with E-state index in [0.29, 0.717) is 0 Å². The van der Waals surface area contributed by atoms with Gasteiger partial charge in [0.2, 0.25) is 0 Å². The predicted molar refractivity (Wildman–Crippen MR) is 82.2 cm³/mol. The lowest BCUT2D eigenvalue weighted by atomic mass is 10.1. The lowest BCUT2D eigenvalue weighted by molar-refractivity contribution is 0.802. The van der Waals surface area contributed by atoms with Crippen LogP contribution in [-0.2, 0) is 6.54 Å². The second-order valence-corrected chi connectivity index (χ2v) is 6.11. The number of benzene rings is 2. The molecule has 3 heteroatoms. The van der Waals surface area contributed by atoms with E-state index in [9.17, 15) is 0 Å². The molecule has 0 aliphatic rings. The molecule has 1 nitrogen and oxygen atoms in total. The molecule has 0 radical (unpaired) electrons. The molecule has 0 unspecified atom stereocenters. The second-order valence-electron chi connectivity index (χ2n) is 4.17. The first-order valence-electron chi connectivity index (χ1n) is 5.87. The van der Waals surface area contributed by atoms with Crippen LogP contribution in [0.5, 0.6) is 0 Å². The van der Waals surface area contributed by atoms with Crippen LogP contribution >= 0.6 is 27.7 Å². The van der Waals surface area contributed by atoms with Crippen molar-refractivity contribution in [3.63, 3.8) is 0 Å². The standard InChI is InChI=1S/C15H16BrNS/c1-11-7-8-14(12(9-11)10-17-2)18-15-6-4-3-5-13(15)16/h3-9,17H,10H2,1-2H3. The van der Waals surface area contributed by atoms with Crippen LogP contribution in [0.25, 0.3) is 0 Å². The van der Waals surface area contributed by atoms with Crippen molar-refractivity contribution < 1.29 is 0 Å². The Labute approximate surface area is 121 Å². The average Bonchev–Trinajstić information content (AvgIpc) is 2.35. The fraction of sp³-hybridized carbons (Fsp3) is 0.200. The van der Waals surface area contributed by atoms with Crippen LogP contribution in [0.4, 0.5) is 0 Å². The molecule has 2 aromatic carbocycles. The van der Waals surface area contributed by atoms with Crippen molar-refractivity contribution in [3.05, 3.63) is 58.1 Å². The van der Waals surface area contributed by atoms with Gasteiger partial charge in [0.25, 0.3) is 0 Å². The van der Waals surface area contributed by atoms with Crippen LogP contribution in [0.2, 0.25) is 0 Å². The van der Waals surface area contributed by atoms with E-state index in [1.807, 2.05) is 13.1 Å². The van der Waals surface area contributed by atoms with E-state index in [4.69, 9.17) is 0 Å². The van der Waals surface area contributed by atoms with Gasteiger partial charge < -0.3 is 5.32 Å². The van der Waals surface area contributed by atoms with Crippen molar-refractivity contribution in [2.24, 2.45) is 0 Å². The zero-order valence-corrected chi connectivity index (χ0v) is 12.9. The van der Waals surface area contributed by atoms with Crippen molar-refractivity contribution in [3.8, 4) is 0 Å². The minimum Gasteiger partial charge on any atom is -0.316 e. The van der Waals surface area contributed by atoms with Crippen LogP contribution in [0, 0.1) is 6.92 Å². The Morgan fingerprint density at radius 3 is 2.61 bits per heavy atom. The normalized spacial score (nSPS) is 10.6. The number of hydrogen-bond acceptors (Lipinski definition) is 2. The van der Waals surface area contributed by atoms with Crippen molar-refractivity contribution in [2.75, 3.05) is 7.05 Å². The highest BCUT2D eigenvalue weighted by atomic mass is 79.9. The van der Waals surface area contributed by atoms with Gasteiger partial charge in [-0.3, -0.25) is 0 Å². The fourth-order valence-corrected chi connectivity index (χ4v) is 3.26. The van der Waals surface area contributed by atoms with E-state index < -0.39 is 0 Å². The number of aryl methyl sites for hydroxylation is 1. The van der Waals surface area contributed by atoms with E-state index in [-0.39, 0.29) is 0 Å². The predicted octanol–water partition coefficient (Wildman–Crippen LogP) is 4.63. The van der Waals surface area contributed by atoms with Crippen molar-refractivity contribution >= 4 is 27.7 Å². The molecule has 94 valence electrons. The Morgan fingerprint density at radius 2 is 1.89 bits per heavy atom. The summed E-state index contributed by atoms with van der Waals surface area (Å²) in [4.78, 5) is 2.56. The molecular formula is C15H16BrNS. The SMILES string of the molecule is CNCc1cc(C)ccc1Sc1ccccc1Br. The van der Waals surface area contributed by atoms with Crippen LogP contribution < -0.4 is 5.32 Å². The Morgan fingerprint density at radius 1 is 1.11 bits per heavy atom. The highest BCUT2D eigenvalue weighted by Gasteiger charge is 2.06. The molecular weight excluding hydrogens is 306 g/mol. The summed E-state index contributed by atoms with van der Waals surface area (Å²) in [5, 5.41) is 3.23. The maximum atomic E-state index is 3.60. The van der Waals surface area contributed by atoms with Gasteiger partial charge in [-0.1, -0.05) is 41.6 Å². The van der Waals surface area contributed by atoms with Gasteiger partial charge in [-0.25, -0.2) is 0 Å². The maximum Gasteiger partial charge on any atom is 0.0314 e. The summed E-state index contributed by atoms with van der Waals surface area (Å²) in [6.45, 7) is 3.03. The minimum absolute atomic E-state index is 0.897. The molecule has 0 bridgehead atoms. The van der Waals surface area contributed by atoms with E-state index >= 15 is 0 Å². The highest BCUT2D eigenvalue weighted by molar-refractivity contribution is 9.10. The molecule has 1 N–H and O–H groups in total. The summed E-state index contributed by atoms with van der Waals surface area (Å²) in [5.74, 6) is 0. The van der Waals surface area contributed by atoms with Crippen LogP contribution in [0.3, 0.4) is 0 Å². The third-order valence-corrected chi connectivity index (χ3v) is 4.79. The van der Waals surface area contributed by atoms with Gasteiger partial charge in [-0.15, -0.1) is 0 Å². The van der Waals surface area contributed by atoms with Gasteiger partial charge in [0.1, 0.15) is 0 Å². The summed E-state index contributed by atoms with van der Waals surface area (Å²) in [7, 11) is 1.98. The van der Waals surface area contributed by atoms with Crippen LogP contribution in [0.15, 0.2) is 56.7 Å². The number of halogens is 1. The summed E-state index contributed by atoms with van der Waals surface area (Å²) >= 11 is 5.40. The Balaban J connectivity index is 2.31. The molecule has 0 aliphatic heterocycles. The third kappa shape index (κ3) is 3.37. The van der Waals surface area contributed by atoms with Crippen molar-refractivity contribution in [1.29, 1.82) is 0 Å². The number of rotatable bonds is 4. The Bertz CT molecular complexity index is 540. The van der Waals surface area contributed by atoms with E-state index in [2.05, 4.69) is 64.6 Å². The zero-order chi connectivity index (χ0) is 13.0. The van der Waals surface area contributed by atoms with E-state index in [1.54, 1.807) is 11.8 Å². The molecule has 0 amide bonds. The summed E-state index contributed by atoms with van der Waals surface area (Å²) in [6, 6.07) is 14.9. The average molecular weight is 322 g/mol. The molecule has 0 aliphatic carbocycles. The molecule has 0 saturated heterocycles. The quantitative estimate of drug-likeness (QED) is 0.881. The van der Waals surface area contributed by atoms with Crippen LogP contribution in [-0.4, -0.2) is 7.05 Å². The minimum atomic E-state index is 0.897. The first kappa shape index (κ1) is 13.7. The van der Waals surface area contributed by atoms with Gasteiger partial charge in [-0.05, 0) is 53.7 Å². The first-order valence-corrected chi connectivity index (χ1v) is 7.48. The summed E-state index contributed by atoms with van der Waals surface area (Å²) in [5.41, 5.74) is 2.65. The first-order chi connectivity index (χ1) is 8.70. The maximum absolute atomic E-state index is 3.60. The van der Waals surface area contributed by atoms with Crippen molar-refractivity contribution in [2.45, 2.75) is 23.3 Å². The van der Waals surface area contributed by atoms with E-state index in [0.717, 1.165) is 11.0 Å². The number of nitrogens with one attached hydrogen (secondary N) is 1. The lowest BCUT2D eigenvalue weighted by Crippen LogP contribution is -2.06. The largest absolute Gasteiger partial charge is 0.316 e. The summed E-state index contributed by atoms with van der Waals surface area (Å²) in [6.07, 6.45) is 0. The van der Waals surface area contributed by atoms with Crippen LogP contribution in [0.1, 0.15) is 11.1 Å². The van der Waals surface area contributed by atoms with Gasteiger partial charge in [0.15, 0.2) is 0 Å². The molecule has 0 heterocycles. The van der Waals surface area contributed by atoms with Gasteiger partial charge in [-0.2, -0.15) is 0 Å². The lowest BCUT2D eigenvalue weighted by Gasteiger charge is -2.11. The molecule has 2 aromatic rings. The summed E-state index contributed by atoms with van der Waals surface area (Å²) < 4.78 is 1.14. The molecule has 2 rings (SSSR count). The van der Waals surface area contributed by atoms with Crippen molar-refractivity contribution in [1.82, 2.24) is 5.32 Å². The molecule has 0 fully saturated rings. The Kier molecular flexibility index (Phi) is 4.87. The number of hydrogen-bond donors (Lipinski definition) is 1. The third-order valence-electron chi connectivity index (χ3n) is 2.64. The second kappa shape index (κ2) is 6.41. The van der Waals surface area contributed by atoms with E-state index in [1.165, 1.54) is 20.9 Å². The van der Waals surface area contributed by atoms with Gasteiger partial charge in [0, 0.05) is 20.8 Å². The Hall–Kier alpha value is -0.770. The fourth-order valence-electron chi connectivity index (χ4n) is 1.78. The highest BCUT2D eigenvalue weighted by Crippen LogP contribution is 2.35. The molecule has 0 aromatic heterocycles.